The summed E-state index contributed by atoms with van der Waals surface area (Å²) in [4.78, 5) is 0. The van der Waals surface area contributed by atoms with Crippen molar-refractivity contribution in [2.75, 3.05) is 5.73 Å². The maximum atomic E-state index is 6.36. The molecule has 0 aliphatic heterocycles. The van der Waals surface area contributed by atoms with Crippen molar-refractivity contribution in [1.82, 2.24) is 0 Å². The molecule has 1 heteroatoms. The normalized spacial score (nSPS) is 18.7. The lowest BCUT2D eigenvalue weighted by molar-refractivity contribution is 0.332. The highest BCUT2D eigenvalue weighted by atomic mass is 14.6. The predicted molar refractivity (Wildman–Crippen MR) is 110 cm³/mol. The van der Waals surface area contributed by atoms with Gasteiger partial charge in [-0.3, -0.25) is 0 Å². The fourth-order valence-corrected chi connectivity index (χ4v) is 4.03. The maximum absolute atomic E-state index is 6.36. The van der Waals surface area contributed by atoms with Crippen molar-refractivity contribution >= 4 is 5.69 Å². The third-order valence-electron chi connectivity index (χ3n) is 6.08. The van der Waals surface area contributed by atoms with Gasteiger partial charge >= 0.3 is 0 Å². The molecule has 1 aliphatic carbocycles. The second kappa shape index (κ2) is 5.62. The first-order valence-electron chi connectivity index (χ1n) is 9.47. The van der Waals surface area contributed by atoms with Crippen LogP contribution in [0.3, 0.4) is 0 Å². The highest BCUT2D eigenvalue weighted by molar-refractivity contribution is 5.78. The van der Waals surface area contributed by atoms with E-state index >= 15 is 0 Å². The van der Waals surface area contributed by atoms with Crippen LogP contribution in [0.15, 0.2) is 36.4 Å². The van der Waals surface area contributed by atoms with E-state index in [1.54, 1.807) is 0 Å². The van der Waals surface area contributed by atoms with Crippen molar-refractivity contribution in [1.29, 1.82) is 0 Å². The highest BCUT2D eigenvalue weighted by Crippen LogP contribution is 2.47. The van der Waals surface area contributed by atoms with Gasteiger partial charge in [0.15, 0.2) is 0 Å². The summed E-state index contributed by atoms with van der Waals surface area (Å²) in [5.41, 5.74) is 14.5. The summed E-state index contributed by atoms with van der Waals surface area (Å²) < 4.78 is 0. The topological polar surface area (TPSA) is 26.0 Å². The van der Waals surface area contributed by atoms with Gasteiger partial charge in [0.05, 0.1) is 0 Å². The van der Waals surface area contributed by atoms with E-state index in [1.807, 2.05) is 0 Å². The Morgan fingerprint density at radius 2 is 1.40 bits per heavy atom. The molecular formula is C24H33N. The van der Waals surface area contributed by atoms with Gasteiger partial charge in [-0.05, 0) is 63.5 Å². The van der Waals surface area contributed by atoms with Gasteiger partial charge in [0.25, 0.3) is 0 Å². The van der Waals surface area contributed by atoms with Crippen LogP contribution in [0.5, 0.6) is 0 Å². The first-order chi connectivity index (χ1) is 11.4. The third-order valence-corrected chi connectivity index (χ3v) is 6.08. The Bertz CT molecular complexity index is 803. The number of anilines is 1. The molecule has 0 fully saturated rings. The minimum atomic E-state index is 0.123. The van der Waals surface area contributed by atoms with Crippen molar-refractivity contribution in [2.45, 2.75) is 77.6 Å². The highest BCUT2D eigenvalue weighted by Gasteiger charge is 2.37. The van der Waals surface area contributed by atoms with Crippen LogP contribution in [0.4, 0.5) is 5.69 Å². The zero-order valence-electron chi connectivity index (χ0n) is 17.0. The lowest BCUT2D eigenvalue weighted by Crippen LogP contribution is -2.33. The second-order valence-corrected chi connectivity index (χ2v) is 10.1. The molecule has 0 spiro atoms. The molecule has 0 unspecified atom stereocenters. The van der Waals surface area contributed by atoms with E-state index in [2.05, 4.69) is 84.9 Å². The minimum Gasteiger partial charge on any atom is -0.398 e. The van der Waals surface area contributed by atoms with Gasteiger partial charge in [-0.15, -0.1) is 0 Å². The molecule has 0 bridgehead atoms. The Morgan fingerprint density at radius 3 is 2.00 bits per heavy atom. The molecule has 0 saturated carbocycles. The second-order valence-electron chi connectivity index (χ2n) is 10.1. The molecule has 25 heavy (non-hydrogen) atoms. The fraction of sp³-hybridized carbons (Fsp3) is 0.500. The lowest BCUT2D eigenvalue weighted by Gasteiger charge is -2.42. The third kappa shape index (κ3) is 3.21. The zero-order chi connectivity index (χ0) is 18.6. The smallest absolute Gasteiger partial charge is 0.0393 e. The van der Waals surface area contributed by atoms with Gasteiger partial charge in [0, 0.05) is 11.3 Å². The van der Waals surface area contributed by atoms with Crippen LogP contribution < -0.4 is 5.73 Å². The van der Waals surface area contributed by atoms with E-state index in [0.29, 0.717) is 0 Å². The Kier molecular flexibility index (Phi) is 4.06. The molecule has 0 atom stereocenters. The maximum Gasteiger partial charge on any atom is 0.0393 e. The molecule has 1 aliphatic rings. The monoisotopic (exact) mass is 335 g/mol. The van der Waals surface area contributed by atoms with E-state index in [4.69, 9.17) is 5.73 Å². The number of nitrogens with two attached hydrogens (primary N) is 1. The van der Waals surface area contributed by atoms with Crippen LogP contribution in [-0.4, -0.2) is 0 Å². The summed E-state index contributed by atoms with van der Waals surface area (Å²) in [6, 6.07) is 13.5. The molecule has 2 aromatic rings. The zero-order valence-corrected chi connectivity index (χ0v) is 17.0. The van der Waals surface area contributed by atoms with Crippen LogP contribution in [0.25, 0.3) is 11.1 Å². The van der Waals surface area contributed by atoms with Crippen LogP contribution in [-0.2, 0) is 16.2 Å². The van der Waals surface area contributed by atoms with Crippen molar-refractivity contribution in [2.24, 2.45) is 0 Å². The number of nitrogen functional groups attached to an aromatic ring is 1. The van der Waals surface area contributed by atoms with E-state index < -0.39 is 0 Å². The van der Waals surface area contributed by atoms with Crippen LogP contribution in [0.1, 0.15) is 78.0 Å². The Balaban J connectivity index is 2.18. The van der Waals surface area contributed by atoms with Gasteiger partial charge in [-0.1, -0.05) is 72.7 Å². The summed E-state index contributed by atoms with van der Waals surface area (Å²) in [6.07, 6.45) is 2.47. The summed E-state index contributed by atoms with van der Waals surface area (Å²) in [6.45, 7) is 16.2. The number of fused-ring (bicyclic) bond motifs is 1. The first kappa shape index (κ1) is 18.0. The van der Waals surface area contributed by atoms with E-state index in [9.17, 15) is 0 Å². The standard InChI is InChI=1S/C24H33N/c1-22(2,3)17-9-11-21(25)18(15-17)16-8-10-19-20(14-16)24(6,7)13-12-23(19,4)5/h8-11,14-15H,12-13,25H2,1-7H3. The summed E-state index contributed by atoms with van der Waals surface area (Å²) in [5.74, 6) is 0. The molecule has 134 valence electrons. The molecular weight excluding hydrogens is 302 g/mol. The minimum absolute atomic E-state index is 0.123. The molecule has 0 amide bonds. The van der Waals surface area contributed by atoms with Gasteiger partial charge in [-0.2, -0.15) is 0 Å². The molecule has 0 saturated heterocycles. The van der Waals surface area contributed by atoms with E-state index in [-0.39, 0.29) is 16.2 Å². The quantitative estimate of drug-likeness (QED) is 0.585. The molecule has 2 N–H and O–H groups in total. The summed E-state index contributed by atoms with van der Waals surface area (Å²) in [5, 5.41) is 0. The first-order valence-corrected chi connectivity index (χ1v) is 9.47. The van der Waals surface area contributed by atoms with Crippen molar-refractivity contribution in [3.8, 4) is 11.1 Å². The van der Waals surface area contributed by atoms with Crippen molar-refractivity contribution in [3.05, 3.63) is 53.1 Å². The van der Waals surface area contributed by atoms with Crippen molar-refractivity contribution < 1.29 is 0 Å². The van der Waals surface area contributed by atoms with Gasteiger partial charge in [-0.25, -0.2) is 0 Å². The Morgan fingerprint density at radius 1 is 0.800 bits per heavy atom. The average molecular weight is 336 g/mol. The predicted octanol–water partition coefficient (Wildman–Crippen LogP) is 6.58. The van der Waals surface area contributed by atoms with Crippen LogP contribution >= 0.6 is 0 Å². The number of hydrogen-bond donors (Lipinski definition) is 1. The van der Waals surface area contributed by atoms with Crippen molar-refractivity contribution in [3.63, 3.8) is 0 Å². The Labute approximate surface area is 153 Å². The average Bonchev–Trinajstić information content (AvgIpc) is 2.51. The molecule has 0 radical (unpaired) electrons. The summed E-state index contributed by atoms with van der Waals surface area (Å²) in [7, 11) is 0. The molecule has 2 aromatic carbocycles. The number of hydrogen-bond acceptors (Lipinski definition) is 1. The van der Waals surface area contributed by atoms with Crippen LogP contribution in [0, 0.1) is 0 Å². The molecule has 0 heterocycles. The van der Waals surface area contributed by atoms with E-state index in [0.717, 1.165) is 11.3 Å². The fourth-order valence-electron chi connectivity index (χ4n) is 4.03. The SMILES string of the molecule is CC(C)(C)c1ccc(N)c(-c2ccc3c(c2)C(C)(C)CCC3(C)C)c1. The number of rotatable bonds is 1. The van der Waals surface area contributed by atoms with Gasteiger partial charge in [0.1, 0.15) is 0 Å². The molecule has 3 rings (SSSR count). The lowest BCUT2D eigenvalue weighted by atomic mass is 9.63. The van der Waals surface area contributed by atoms with Gasteiger partial charge < -0.3 is 5.73 Å². The largest absolute Gasteiger partial charge is 0.398 e. The van der Waals surface area contributed by atoms with E-state index in [1.165, 1.54) is 35.1 Å². The van der Waals surface area contributed by atoms with Gasteiger partial charge in [0.2, 0.25) is 0 Å². The molecule has 1 nitrogen and oxygen atoms in total. The van der Waals surface area contributed by atoms with Crippen LogP contribution in [0.2, 0.25) is 0 Å². The Hall–Kier alpha value is -1.76. The number of benzene rings is 2. The summed E-state index contributed by atoms with van der Waals surface area (Å²) >= 11 is 0. The molecule has 0 aromatic heterocycles.